The third-order valence-corrected chi connectivity index (χ3v) is 2.45. The number of hydrogen-bond donors (Lipinski definition) is 4. The van der Waals surface area contributed by atoms with Crippen molar-refractivity contribution in [3.63, 3.8) is 0 Å². The predicted molar refractivity (Wildman–Crippen MR) is 73.6 cm³/mol. The second-order valence-electron chi connectivity index (χ2n) is 4.19. The molecule has 0 atom stereocenters. The summed E-state index contributed by atoms with van der Waals surface area (Å²) in [5, 5.41) is 12.9. The standard InChI is InChI=1S/C13H15N3O5/c14-12(20)8-3-1-4-9(7-8)15-13(21)16-10(17)5-2-6-11(18)19/h1,3-4,7H,2,5-6H2,(H2,14,20)(H,18,19)(H2,15,16,17,21). The van der Waals surface area contributed by atoms with Crippen LogP contribution in [0, 0.1) is 0 Å². The number of amides is 4. The summed E-state index contributed by atoms with van der Waals surface area (Å²) < 4.78 is 0. The monoisotopic (exact) mass is 293 g/mol. The number of benzene rings is 1. The number of anilines is 1. The Hall–Kier alpha value is -2.90. The number of carboxylic acid groups (broad SMARTS) is 1. The van der Waals surface area contributed by atoms with Gasteiger partial charge in [0, 0.05) is 24.1 Å². The first-order valence-corrected chi connectivity index (χ1v) is 6.11. The molecule has 0 bridgehead atoms. The van der Waals surface area contributed by atoms with Crippen LogP contribution < -0.4 is 16.4 Å². The van der Waals surface area contributed by atoms with Gasteiger partial charge in [0.05, 0.1) is 0 Å². The molecule has 0 spiro atoms. The van der Waals surface area contributed by atoms with E-state index in [1.807, 2.05) is 0 Å². The number of carbonyl (C=O) groups is 4. The molecule has 0 saturated heterocycles. The van der Waals surface area contributed by atoms with Crippen LogP contribution >= 0.6 is 0 Å². The van der Waals surface area contributed by atoms with E-state index in [9.17, 15) is 19.2 Å². The molecule has 4 amide bonds. The minimum Gasteiger partial charge on any atom is -0.481 e. The highest BCUT2D eigenvalue weighted by molar-refractivity contribution is 6.02. The third kappa shape index (κ3) is 6.19. The topological polar surface area (TPSA) is 139 Å². The minimum absolute atomic E-state index is 0.0684. The molecule has 0 aliphatic carbocycles. The molecule has 1 rings (SSSR count). The van der Waals surface area contributed by atoms with Gasteiger partial charge in [-0.3, -0.25) is 19.7 Å². The highest BCUT2D eigenvalue weighted by Crippen LogP contribution is 2.09. The van der Waals surface area contributed by atoms with Gasteiger partial charge < -0.3 is 16.2 Å². The molecular formula is C13H15N3O5. The molecule has 8 heteroatoms. The summed E-state index contributed by atoms with van der Waals surface area (Å²) in [5.74, 6) is -2.22. The van der Waals surface area contributed by atoms with Crippen molar-refractivity contribution < 1.29 is 24.3 Å². The highest BCUT2D eigenvalue weighted by atomic mass is 16.4. The van der Waals surface area contributed by atoms with E-state index in [4.69, 9.17) is 10.8 Å². The Balaban J connectivity index is 2.46. The summed E-state index contributed by atoms with van der Waals surface area (Å²) in [5.41, 5.74) is 5.63. The molecule has 112 valence electrons. The van der Waals surface area contributed by atoms with Gasteiger partial charge in [-0.25, -0.2) is 4.79 Å². The van der Waals surface area contributed by atoms with Crippen molar-refractivity contribution in [3.05, 3.63) is 29.8 Å². The van der Waals surface area contributed by atoms with E-state index in [2.05, 4.69) is 10.6 Å². The number of rotatable bonds is 6. The average Bonchev–Trinajstić information content (AvgIpc) is 2.38. The lowest BCUT2D eigenvalue weighted by molar-refractivity contribution is -0.137. The van der Waals surface area contributed by atoms with Gasteiger partial charge in [0.1, 0.15) is 0 Å². The molecule has 0 heterocycles. The fourth-order valence-corrected chi connectivity index (χ4v) is 1.50. The Bertz CT molecular complexity index is 571. The smallest absolute Gasteiger partial charge is 0.325 e. The Morgan fingerprint density at radius 3 is 2.48 bits per heavy atom. The maximum absolute atomic E-state index is 11.5. The van der Waals surface area contributed by atoms with Gasteiger partial charge in [-0.2, -0.15) is 0 Å². The Kier molecular flexibility index (Phi) is 5.87. The van der Waals surface area contributed by atoms with Crippen LogP contribution in [0.3, 0.4) is 0 Å². The summed E-state index contributed by atoms with van der Waals surface area (Å²) in [7, 11) is 0. The van der Waals surface area contributed by atoms with Gasteiger partial charge >= 0.3 is 12.0 Å². The Morgan fingerprint density at radius 1 is 1.14 bits per heavy atom. The molecule has 0 unspecified atom stereocenters. The molecule has 8 nitrogen and oxygen atoms in total. The van der Waals surface area contributed by atoms with Crippen molar-refractivity contribution in [1.82, 2.24) is 5.32 Å². The van der Waals surface area contributed by atoms with Crippen LogP contribution in [0.25, 0.3) is 0 Å². The van der Waals surface area contributed by atoms with Gasteiger partial charge in [0.2, 0.25) is 11.8 Å². The summed E-state index contributed by atoms with van der Waals surface area (Å²) in [6.07, 6.45) is -0.0671. The number of aliphatic carboxylic acids is 1. The fourth-order valence-electron chi connectivity index (χ4n) is 1.50. The van der Waals surface area contributed by atoms with Crippen molar-refractivity contribution in [2.75, 3.05) is 5.32 Å². The van der Waals surface area contributed by atoms with Crippen molar-refractivity contribution >= 4 is 29.5 Å². The van der Waals surface area contributed by atoms with Gasteiger partial charge in [-0.1, -0.05) is 6.07 Å². The normalized spacial score (nSPS) is 9.71. The number of imide groups is 1. The largest absolute Gasteiger partial charge is 0.481 e. The first-order valence-electron chi connectivity index (χ1n) is 6.11. The summed E-state index contributed by atoms with van der Waals surface area (Å²) in [4.78, 5) is 44.2. The molecule has 1 aromatic rings. The molecule has 0 aromatic heterocycles. The van der Waals surface area contributed by atoms with E-state index in [1.165, 1.54) is 24.3 Å². The highest BCUT2D eigenvalue weighted by Gasteiger charge is 2.09. The van der Waals surface area contributed by atoms with E-state index >= 15 is 0 Å². The van der Waals surface area contributed by atoms with Crippen LogP contribution in [0.4, 0.5) is 10.5 Å². The number of hydrogen-bond acceptors (Lipinski definition) is 4. The first-order chi connectivity index (χ1) is 9.88. The number of carbonyl (C=O) groups excluding carboxylic acids is 3. The van der Waals surface area contributed by atoms with E-state index in [-0.39, 0.29) is 24.8 Å². The maximum Gasteiger partial charge on any atom is 0.325 e. The van der Waals surface area contributed by atoms with Crippen molar-refractivity contribution in [2.24, 2.45) is 5.73 Å². The molecule has 21 heavy (non-hydrogen) atoms. The molecule has 5 N–H and O–H groups in total. The second kappa shape index (κ2) is 7.63. The lowest BCUT2D eigenvalue weighted by Crippen LogP contribution is -2.34. The van der Waals surface area contributed by atoms with Crippen LogP contribution in [0.2, 0.25) is 0 Å². The lowest BCUT2D eigenvalue weighted by atomic mass is 10.2. The molecular weight excluding hydrogens is 278 g/mol. The molecule has 1 aromatic carbocycles. The SMILES string of the molecule is NC(=O)c1cccc(NC(=O)NC(=O)CCCC(=O)O)c1. The summed E-state index contributed by atoms with van der Waals surface area (Å²) >= 11 is 0. The number of carboxylic acids is 1. The fraction of sp³-hybridized carbons (Fsp3) is 0.231. The molecule has 0 aliphatic rings. The molecule has 0 fully saturated rings. The zero-order valence-corrected chi connectivity index (χ0v) is 11.1. The van der Waals surface area contributed by atoms with Crippen LogP contribution in [-0.4, -0.2) is 28.9 Å². The summed E-state index contributed by atoms with van der Waals surface area (Å²) in [6, 6.07) is 5.15. The quantitative estimate of drug-likeness (QED) is 0.611. The molecule has 0 radical (unpaired) electrons. The third-order valence-electron chi connectivity index (χ3n) is 2.45. The zero-order valence-electron chi connectivity index (χ0n) is 11.1. The summed E-state index contributed by atoms with van der Waals surface area (Å²) in [6.45, 7) is 0. The lowest BCUT2D eigenvalue weighted by Gasteiger charge is -2.07. The Labute approximate surface area is 120 Å². The van der Waals surface area contributed by atoms with Gasteiger partial charge in [-0.15, -0.1) is 0 Å². The van der Waals surface area contributed by atoms with Crippen molar-refractivity contribution in [3.8, 4) is 0 Å². The van der Waals surface area contributed by atoms with Crippen LogP contribution in [0.15, 0.2) is 24.3 Å². The van der Waals surface area contributed by atoms with E-state index in [0.717, 1.165) is 0 Å². The van der Waals surface area contributed by atoms with Crippen LogP contribution in [0.5, 0.6) is 0 Å². The average molecular weight is 293 g/mol. The number of primary amides is 1. The Morgan fingerprint density at radius 2 is 1.86 bits per heavy atom. The van der Waals surface area contributed by atoms with E-state index in [0.29, 0.717) is 5.69 Å². The molecule has 0 aliphatic heterocycles. The number of nitrogens with one attached hydrogen (secondary N) is 2. The van der Waals surface area contributed by atoms with Crippen molar-refractivity contribution in [1.29, 1.82) is 0 Å². The van der Waals surface area contributed by atoms with Gasteiger partial charge in [0.15, 0.2) is 0 Å². The van der Waals surface area contributed by atoms with Crippen LogP contribution in [0.1, 0.15) is 29.6 Å². The maximum atomic E-state index is 11.5. The van der Waals surface area contributed by atoms with Crippen molar-refractivity contribution in [2.45, 2.75) is 19.3 Å². The number of urea groups is 1. The van der Waals surface area contributed by atoms with E-state index < -0.39 is 23.8 Å². The van der Waals surface area contributed by atoms with Crippen LogP contribution in [-0.2, 0) is 9.59 Å². The zero-order chi connectivity index (χ0) is 15.8. The predicted octanol–water partition coefficient (Wildman–Crippen LogP) is 0.688. The first kappa shape index (κ1) is 16.2. The second-order valence-corrected chi connectivity index (χ2v) is 4.19. The van der Waals surface area contributed by atoms with Gasteiger partial charge in [-0.05, 0) is 24.6 Å². The van der Waals surface area contributed by atoms with E-state index in [1.54, 1.807) is 0 Å². The number of nitrogens with two attached hydrogens (primary N) is 1. The minimum atomic E-state index is -1.00. The van der Waals surface area contributed by atoms with Gasteiger partial charge in [0.25, 0.3) is 0 Å². The molecule has 0 saturated carbocycles.